The maximum Gasteiger partial charge on any atom is 0.275 e. The van der Waals surface area contributed by atoms with Gasteiger partial charge in [0.1, 0.15) is 0 Å². The standard InChI is InChI=1S/C25H28N6O2/c1-16-19(24(32)28-17-9-3-2-4-10-17)15-26-23(27-16)21-13-7-8-14-31(21)25(33)22-18-11-5-6-12-20(18)29-30-22/h2-4,9-10,15,21H,5-8,11-14H2,1H3,(H,28,32)(H,29,30)/t21-/m0/s1. The van der Waals surface area contributed by atoms with Crippen LogP contribution in [0.15, 0.2) is 36.5 Å². The van der Waals surface area contributed by atoms with Crippen LogP contribution in [0.3, 0.4) is 0 Å². The highest BCUT2D eigenvalue weighted by molar-refractivity contribution is 6.04. The van der Waals surface area contributed by atoms with E-state index in [1.54, 1.807) is 6.20 Å². The van der Waals surface area contributed by atoms with Gasteiger partial charge in [0, 0.05) is 29.7 Å². The van der Waals surface area contributed by atoms with E-state index in [-0.39, 0.29) is 17.9 Å². The van der Waals surface area contributed by atoms with Gasteiger partial charge in [-0.1, -0.05) is 18.2 Å². The molecule has 0 unspecified atom stereocenters. The fourth-order valence-corrected chi connectivity index (χ4v) is 4.83. The van der Waals surface area contributed by atoms with Crippen LogP contribution in [0.4, 0.5) is 5.69 Å². The summed E-state index contributed by atoms with van der Waals surface area (Å²) in [6.07, 6.45) is 8.39. The zero-order chi connectivity index (χ0) is 22.8. The Labute approximate surface area is 192 Å². The molecule has 2 aliphatic rings. The SMILES string of the molecule is Cc1nc([C@@H]2CCCCN2C(=O)c2n[nH]c3c2CCCC3)ncc1C(=O)Nc1ccccc1. The summed E-state index contributed by atoms with van der Waals surface area (Å²) in [5, 5.41) is 10.3. The highest BCUT2D eigenvalue weighted by Crippen LogP contribution is 2.32. The van der Waals surface area contributed by atoms with E-state index in [0.717, 1.165) is 61.9 Å². The predicted octanol–water partition coefficient (Wildman–Crippen LogP) is 4.01. The minimum absolute atomic E-state index is 0.0498. The number of para-hydroxylation sites is 1. The van der Waals surface area contributed by atoms with E-state index in [2.05, 4.69) is 25.5 Å². The Kier molecular flexibility index (Phi) is 5.90. The molecular weight excluding hydrogens is 416 g/mol. The average Bonchev–Trinajstić information content (AvgIpc) is 3.28. The summed E-state index contributed by atoms with van der Waals surface area (Å²) < 4.78 is 0. The summed E-state index contributed by atoms with van der Waals surface area (Å²) >= 11 is 0. The van der Waals surface area contributed by atoms with E-state index in [1.165, 1.54) is 0 Å². The normalized spacial score (nSPS) is 18.0. The topological polar surface area (TPSA) is 104 Å². The number of nitrogens with zero attached hydrogens (tertiary/aromatic N) is 4. The van der Waals surface area contributed by atoms with E-state index in [1.807, 2.05) is 42.2 Å². The summed E-state index contributed by atoms with van der Waals surface area (Å²) in [6, 6.07) is 9.09. The van der Waals surface area contributed by atoms with Crippen molar-refractivity contribution in [2.24, 2.45) is 0 Å². The van der Waals surface area contributed by atoms with Crippen molar-refractivity contribution >= 4 is 17.5 Å². The molecule has 1 aliphatic heterocycles. The Balaban J connectivity index is 1.38. The number of aryl methyl sites for hydroxylation is 2. The average molecular weight is 445 g/mol. The number of anilines is 1. The smallest absolute Gasteiger partial charge is 0.275 e. The van der Waals surface area contributed by atoms with Crippen molar-refractivity contribution in [2.75, 3.05) is 11.9 Å². The molecule has 5 rings (SSSR count). The van der Waals surface area contributed by atoms with Gasteiger partial charge in [-0.2, -0.15) is 5.10 Å². The minimum atomic E-state index is -0.245. The van der Waals surface area contributed by atoms with Crippen LogP contribution in [0.1, 0.15) is 81.8 Å². The number of fused-ring (bicyclic) bond motifs is 1. The van der Waals surface area contributed by atoms with Crippen molar-refractivity contribution in [1.29, 1.82) is 0 Å². The number of H-pyrrole nitrogens is 1. The van der Waals surface area contributed by atoms with Crippen molar-refractivity contribution in [2.45, 2.75) is 57.9 Å². The molecule has 170 valence electrons. The van der Waals surface area contributed by atoms with Gasteiger partial charge in [-0.05, 0) is 64.0 Å². The Bertz CT molecular complexity index is 1170. The number of nitrogens with one attached hydrogen (secondary N) is 2. The highest BCUT2D eigenvalue weighted by atomic mass is 16.2. The second-order valence-corrected chi connectivity index (χ2v) is 8.79. The maximum atomic E-state index is 13.5. The van der Waals surface area contributed by atoms with Gasteiger partial charge >= 0.3 is 0 Å². The third kappa shape index (κ3) is 4.25. The van der Waals surface area contributed by atoms with Gasteiger partial charge in [0.25, 0.3) is 11.8 Å². The number of amides is 2. The van der Waals surface area contributed by atoms with E-state index in [9.17, 15) is 9.59 Å². The number of rotatable bonds is 4. The number of hydrogen-bond acceptors (Lipinski definition) is 5. The number of carbonyl (C=O) groups is 2. The molecule has 0 bridgehead atoms. The fraction of sp³-hybridized carbons (Fsp3) is 0.400. The lowest BCUT2D eigenvalue weighted by atomic mass is 9.94. The van der Waals surface area contributed by atoms with Gasteiger partial charge < -0.3 is 10.2 Å². The van der Waals surface area contributed by atoms with Crippen LogP contribution >= 0.6 is 0 Å². The summed E-state index contributed by atoms with van der Waals surface area (Å²) in [5.41, 5.74) is 4.46. The Morgan fingerprint density at radius 3 is 2.73 bits per heavy atom. The molecule has 2 amide bonds. The lowest BCUT2D eigenvalue weighted by molar-refractivity contribution is 0.0591. The van der Waals surface area contributed by atoms with Gasteiger partial charge in [0.15, 0.2) is 11.5 Å². The van der Waals surface area contributed by atoms with Crippen molar-refractivity contribution in [3.05, 3.63) is 70.6 Å². The van der Waals surface area contributed by atoms with Gasteiger partial charge in [0.2, 0.25) is 0 Å². The molecule has 8 nitrogen and oxygen atoms in total. The summed E-state index contributed by atoms with van der Waals surface area (Å²) in [6.45, 7) is 2.47. The zero-order valence-corrected chi connectivity index (χ0v) is 18.8. The summed E-state index contributed by atoms with van der Waals surface area (Å²) in [4.78, 5) is 37.3. The predicted molar refractivity (Wildman–Crippen MR) is 124 cm³/mol. The second kappa shape index (κ2) is 9.13. The number of aromatic amines is 1. The molecule has 33 heavy (non-hydrogen) atoms. The number of piperidine rings is 1. The van der Waals surface area contributed by atoms with Crippen LogP contribution in [0.5, 0.6) is 0 Å². The first-order valence-corrected chi connectivity index (χ1v) is 11.7. The molecule has 0 radical (unpaired) electrons. The van der Waals surface area contributed by atoms with Crippen molar-refractivity contribution in [3.8, 4) is 0 Å². The number of hydrogen-bond donors (Lipinski definition) is 2. The van der Waals surface area contributed by atoms with Crippen LogP contribution in [0.2, 0.25) is 0 Å². The third-order valence-electron chi connectivity index (χ3n) is 6.59. The molecule has 1 saturated heterocycles. The number of carbonyl (C=O) groups excluding carboxylic acids is 2. The maximum absolute atomic E-state index is 13.5. The first-order valence-electron chi connectivity index (χ1n) is 11.7. The van der Waals surface area contributed by atoms with E-state index in [4.69, 9.17) is 0 Å². The van der Waals surface area contributed by atoms with Crippen molar-refractivity contribution in [3.63, 3.8) is 0 Å². The minimum Gasteiger partial charge on any atom is -0.327 e. The van der Waals surface area contributed by atoms with Crippen LogP contribution in [-0.4, -0.2) is 43.4 Å². The molecule has 1 aliphatic carbocycles. The molecule has 1 atom stereocenters. The first kappa shape index (κ1) is 21.3. The Morgan fingerprint density at radius 1 is 1.09 bits per heavy atom. The van der Waals surface area contributed by atoms with Crippen molar-refractivity contribution < 1.29 is 9.59 Å². The zero-order valence-electron chi connectivity index (χ0n) is 18.8. The number of likely N-dealkylation sites (tertiary alicyclic amines) is 1. The lowest BCUT2D eigenvalue weighted by Crippen LogP contribution is -2.40. The quantitative estimate of drug-likeness (QED) is 0.633. The molecule has 3 heterocycles. The molecule has 2 N–H and O–H groups in total. The van der Waals surface area contributed by atoms with E-state index < -0.39 is 0 Å². The van der Waals surface area contributed by atoms with Gasteiger partial charge in [-0.15, -0.1) is 0 Å². The first-order chi connectivity index (χ1) is 16.1. The summed E-state index contributed by atoms with van der Waals surface area (Å²) in [5.74, 6) is 0.289. The van der Waals surface area contributed by atoms with E-state index in [0.29, 0.717) is 29.3 Å². The monoisotopic (exact) mass is 444 g/mol. The molecular formula is C25H28N6O2. The van der Waals surface area contributed by atoms with Gasteiger partial charge in [-0.3, -0.25) is 14.7 Å². The molecule has 3 aromatic rings. The lowest BCUT2D eigenvalue weighted by Gasteiger charge is -2.34. The third-order valence-corrected chi connectivity index (χ3v) is 6.59. The molecule has 8 heteroatoms. The van der Waals surface area contributed by atoms with Crippen molar-refractivity contribution in [1.82, 2.24) is 25.1 Å². The summed E-state index contributed by atoms with van der Waals surface area (Å²) in [7, 11) is 0. The molecule has 0 saturated carbocycles. The second-order valence-electron chi connectivity index (χ2n) is 8.79. The van der Waals surface area contributed by atoms with Crippen LogP contribution in [0, 0.1) is 6.92 Å². The Morgan fingerprint density at radius 2 is 1.91 bits per heavy atom. The van der Waals surface area contributed by atoms with Crippen LogP contribution < -0.4 is 5.32 Å². The number of aromatic nitrogens is 4. The largest absolute Gasteiger partial charge is 0.327 e. The fourth-order valence-electron chi connectivity index (χ4n) is 4.83. The van der Waals surface area contributed by atoms with E-state index >= 15 is 0 Å². The molecule has 2 aromatic heterocycles. The molecule has 1 aromatic carbocycles. The van der Waals surface area contributed by atoms with Crippen LogP contribution in [-0.2, 0) is 12.8 Å². The van der Waals surface area contributed by atoms with Gasteiger partial charge in [-0.25, -0.2) is 9.97 Å². The Hall–Kier alpha value is -3.55. The van der Waals surface area contributed by atoms with Crippen LogP contribution in [0.25, 0.3) is 0 Å². The van der Waals surface area contributed by atoms with Gasteiger partial charge in [0.05, 0.1) is 17.3 Å². The molecule has 1 fully saturated rings. The number of benzene rings is 1. The molecule has 0 spiro atoms. The highest BCUT2D eigenvalue weighted by Gasteiger charge is 2.34.